The van der Waals surface area contributed by atoms with E-state index in [0.29, 0.717) is 22.6 Å². The highest BCUT2D eigenvalue weighted by Gasteiger charge is 2.19. The van der Waals surface area contributed by atoms with Gasteiger partial charge in [-0.2, -0.15) is 0 Å². The summed E-state index contributed by atoms with van der Waals surface area (Å²) in [5, 5.41) is 5.51. The van der Waals surface area contributed by atoms with Gasteiger partial charge in [-0.15, -0.1) is 0 Å². The summed E-state index contributed by atoms with van der Waals surface area (Å²) >= 11 is 0. The number of carbonyl (C=O) groups is 2. The molecule has 2 amide bonds. The van der Waals surface area contributed by atoms with Crippen molar-refractivity contribution >= 4 is 29.3 Å². The molecule has 0 aliphatic rings. The van der Waals surface area contributed by atoms with Gasteiger partial charge in [0, 0.05) is 24.4 Å². The van der Waals surface area contributed by atoms with E-state index in [-0.39, 0.29) is 17.2 Å². The minimum Gasteiger partial charge on any atom is -0.322 e. The van der Waals surface area contributed by atoms with Crippen LogP contribution >= 0.6 is 0 Å². The Hall–Kier alpha value is -4.65. The zero-order valence-corrected chi connectivity index (χ0v) is 19.8. The van der Waals surface area contributed by atoms with Gasteiger partial charge in [0.25, 0.3) is 11.5 Å². The molecule has 4 rings (SSSR count). The van der Waals surface area contributed by atoms with E-state index in [9.17, 15) is 14.4 Å². The van der Waals surface area contributed by atoms with Crippen molar-refractivity contribution in [3.05, 3.63) is 118 Å². The van der Waals surface area contributed by atoms with Gasteiger partial charge in [-0.25, -0.2) is 4.68 Å². The van der Waals surface area contributed by atoms with E-state index in [0.717, 1.165) is 11.1 Å². The van der Waals surface area contributed by atoms with E-state index < -0.39 is 5.91 Å². The first-order chi connectivity index (χ1) is 16.8. The normalized spacial score (nSPS) is 10.9. The van der Waals surface area contributed by atoms with E-state index in [1.807, 2.05) is 61.5 Å². The predicted molar refractivity (Wildman–Crippen MR) is 139 cm³/mol. The summed E-state index contributed by atoms with van der Waals surface area (Å²) in [5.41, 5.74) is 4.03. The van der Waals surface area contributed by atoms with E-state index in [1.165, 1.54) is 10.8 Å². The van der Waals surface area contributed by atoms with Crippen LogP contribution in [0.15, 0.2) is 89.7 Å². The molecule has 2 N–H and O–H groups in total. The second-order valence-corrected chi connectivity index (χ2v) is 8.21. The predicted octanol–water partition coefficient (Wildman–Crippen LogP) is 4.70. The summed E-state index contributed by atoms with van der Waals surface area (Å²) in [6.45, 7) is 3.76. The summed E-state index contributed by atoms with van der Waals surface area (Å²) < 4.78 is 3.20. The molecule has 7 nitrogen and oxygen atoms in total. The fraction of sp³-hybridized carbons (Fsp3) is 0.107. The van der Waals surface area contributed by atoms with Crippen LogP contribution in [0.4, 0.5) is 11.4 Å². The number of rotatable bonds is 6. The molecular weight excluding hydrogens is 440 g/mol. The Labute approximate surface area is 203 Å². The van der Waals surface area contributed by atoms with Crippen molar-refractivity contribution in [3.63, 3.8) is 0 Å². The Bertz CT molecular complexity index is 1480. The van der Waals surface area contributed by atoms with Gasteiger partial charge < -0.3 is 10.6 Å². The molecule has 0 fully saturated rings. The Kier molecular flexibility index (Phi) is 6.78. The van der Waals surface area contributed by atoms with Crippen molar-refractivity contribution in [2.75, 3.05) is 10.6 Å². The van der Waals surface area contributed by atoms with E-state index in [1.54, 1.807) is 49.0 Å². The van der Waals surface area contributed by atoms with Gasteiger partial charge in [0.05, 0.1) is 11.4 Å². The van der Waals surface area contributed by atoms with Crippen LogP contribution in [-0.4, -0.2) is 21.2 Å². The second-order valence-electron chi connectivity index (χ2n) is 8.21. The number of para-hydroxylation sites is 1. The lowest BCUT2D eigenvalue weighted by atomic mass is 10.1. The van der Waals surface area contributed by atoms with Crippen LogP contribution in [0.3, 0.4) is 0 Å². The van der Waals surface area contributed by atoms with Crippen molar-refractivity contribution < 1.29 is 9.59 Å². The Morgan fingerprint density at radius 1 is 0.857 bits per heavy atom. The second kappa shape index (κ2) is 10.1. The minimum absolute atomic E-state index is 0.205. The molecule has 0 aliphatic carbocycles. The lowest BCUT2D eigenvalue weighted by Crippen LogP contribution is -2.23. The monoisotopic (exact) mass is 466 g/mol. The van der Waals surface area contributed by atoms with Gasteiger partial charge in [-0.05, 0) is 55.8 Å². The quantitative estimate of drug-likeness (QED) is 0.404. The van der Waals surface area contributed by atoms with Crippen LogP contribution in [0.5, 0.6) is 0 Å². The fourth-order valence-corrected chi connectivity index (χ4v) is 3.77. The SMILES string of the molecule is Cc1cccc(/C=C/C(=O)Nc2cccc(C(=O)Nc3c(C)n(C)n(-c4ccccc4)c3=O)c2)c1. The number of benzene rings is 3. The zero-order valence-electron chi connectivity index (χ0n) is 19.8. The topological polar surface area (TPSA) is 85.1 Å². The number of aromatic nitrogens is 2. The molecule has 0 radical (unpaired) electrons. The standard InChI is InChI=1S/C28H26N4O3/c1-19-9-7-10-21(17-19)15-16-25(33)29-23-12-8-11-22(18-23)27(34)30-26-20(2)31(3)32(28(26)35)24-13-5-4-6-14-24/h4-18H,1-3H3,(H,29,33)(H,30,34)/b16-15+. The summed E-state index contributed by atoms with van der Waals surface area (Å²) in [6.07, 6.45) is 3.18. The van der Waals surface area contributed by atoms with Crippen molar-refractivity contribution in [1.29, 1.82) is 0 Å². The molecule has 4 aromatic rings. The third kappa shape index (κ3) is 5.30. The van der Waals surface area contributed by atoms with Gasteiger partial charge in [-0.1, -0.05) is 54.1 Å². The highest BCUT2D eigenvalue weighted by atomic mass is 16.2. The van der Waals surface area contributed by atoms with Crippen LogP contribution in [0.1, 0.15) is 27.2 Å². The van der Waals surface area contributed by atoms with Crippen molar-refractivity contribution in [2.24, 2.45) is 7.05 Å². The Balaban J connectivity index is 1.50. The maximum absolute atomic E-state index is 13.1. The first-order valence-corrected chi connectivity index (χ1v) is 11.1. The van der Waals surface area contributed by atoms with Gasteiger partial charge in [0.15, 0.2) is 0 Å². The first-order valence-electron chi connectivity index (χ1n) is 11.1. The highest BCUT2D eigenvalue weighted by molar-refractivity contribution is 6.06. The third-order valence-corrected chi connectivity index (χ3v) is 5.65. The minimum atomic E-state index is -0.442. The molecule has 0 unspecified atom stereocenters. The van der Waals surface area contributed by atoms with Gasteiger partial charge in [-0.3, -0.25) is 19.1 Å². The molecule has 0 spiro atoms. The molecule has 0 saturated heterocycles. The van der Waals surface area contributed by atoms with E-state index in [4.69, 9.17) is 0 Å². The van der Waals surface area contributed by atoms with Gasteiger partial charge in [0.2, 0.25) is 5.91 Å². The number of nitrogens with zero attached hydrogens (tertiary/aromatic N) is 2. The number of amides is 2. The van der Waals surface area contributed by atoms with Crippen LogP contribution in [0.2, 0.25) is 0 Å². The number of carbonyl (C=O) groups excluding carboxylic acids is 2. The van der Waals surface area contributed by atoms with Crippen LogP contribution < -0.4 is 16.2 Å². The van der Waals surface area contributed by atoms with Crippen LogP contribution in [0, 0.1) is 13.8 Å². The molecule has 0 atom stereocenters. The summed E-state index contributed by atoms with van der Waals surface area (Å²) in [7, 11) is 1.76. The zero-order chi connectivity index (χ0) is 24.9. The molecule has 3 aromatic carbocycles. The lowest BCUT2D eigenvalue weighted by molar-refractivity contribution is -0.111. The molecule has 176 valence electrons. The Morgan fingerprint density at radius 2 is 1.60 bits per heavy atom. The molecule has 0 aliphatic heterocycles. The van der Waals surface area contributed by atoms with E-state index in [2.05, 4.69) is 10.6 Å². The van der Waals surface area contributed by atoms with Crippen molar-refractivity contribution in [1.82, 2.24) is 9.36 Å². The maximum atomic E-state index is 13.1. The molecule has 1 aromatic heterocycles. The molecule has 0 saturated carbocycles. The van der Waals surface area contributed by atoms with Crippen molar-refractivity contribution in [2.45, 2.75) is 13.8 Å². The number of aryl methyl sites for hydroxylation is 1. The summed E-state index contributed by atoms with van der Waals surface area (Å²) in [6, 6.07) is 23.6. The molecule has 7 heteroatoms. The third-order valence-electron chi connectivity index (χ3n) is 5.65. The molecular formula is C28H26N4O3. The van der Waals surface area contributed by atoms with Crippen LogP contribution in [-0.2, 0) is 11.8 Å². The number of hydrogen-bond acceptors (Lipinski definition) is 3. The number of hydrogen-bond donors (Lipinski definition) is 2. The number of anilines is 2. The molecule has 1 heterocycles. The van der Waals surface area contributed by atoms with Gasteiger partial charge >= 0.3 is 0 Å². The van der Waals surface area contributed by atoms with Gasteiger partial charge in [0.1, 0.15) is 5.69 Å². The molecule has 0 bridgehead atoms. The fourth-order valence-electron chi connectivity index (χ4n) is 3.77. The average molecular weight is 467 g/mol. The van der Waals surface area contributed by atoms with Crippen molar-refractivity contribution in [3.8, 4) is 5.69 Å². The summed E-state index contributed by atoms with van der Waals surface area (Å²) in [5.74, 6) is -0.754. The lowest BCUT2D eigenvalue weighted by Gasteiger charge is -2.07. The Morgan fingerprint density at radius 3 is 2.34 bits per heavy atom. The summed E-state index contributed by atoms with van der Waals surface area (Å²) in [4.78, 5) is 38.4. The van der Waals surface area contributed by atoms with E-state index >= 15 is 0 Å². The maximum Gasteiger partial charge on any atom is 0.295 e. The molecule has 35 heavy (non-hydrogen) atoms. The smallest absolute Gasteiger partial charge is 0.295 e. The number of nitrogens with one attached hydrogen (secondary N) is 2. The largest absolute Gasteiger partial charge is 0.322 e. The highest BCUT2D eigenvalue weighted by Crippen LogP contribution is 2.17. The first kappa shape index (κ1) is 23.5. The average Bonchev–Trinajstić information content (AvgIpc) is 3.06. The van der Waals surface area contributed by atoms with Crippen LogP contribution in [0.25, 0.3) is 11.8 Å².